The Bertz CT molecular complexity index is 420. The summed E-state index contributed by atoms with van der Waals surface area (Å²) in [5.74, 6) is -0.440. The van der Waals surface area contributed by atoms with Crippen molar-refractivity contribution in [1.29, 1.82) is 0 Å². The number of carbonyl (C=O) groups excluding carboxylic acids is 1. The number of rotatable bonds is 1. The van der Waals surface area contributed by atoms with E-state index in [1.165, 1.54) is 7.11 Å². The summed E-state index contributed by atoms with van der Waals surface area (Å²) >= 11 is 5.90. The van der Waals surface area contributed by atoms with E-state index in [2.05, 4.69) is 14.6 Å². The average molecular weight is 227 g/mol. The summed E-state index contributed by atoms with van der Waals surface area (Å²) in [4.78, 5) is 17.7. The van der Waals surface area contributed by atoms with Crippen LogP contribution >= 0.6 is 11.6 Å². The van der Waals surface area contributed by atoms with Crippen LogP contribution in [0.3, 0.4) is 0 Å². The molecule has 0 saturated heterocycles. The first-order chi connectivity index (χ1) is 7.11. The van der Waals surface area contributed by atoms with Crippen LogP contribution in [0, 0.1) is 0 Å². The Kier molecular flexibility index (Phi) is 2.63. The van der Waals surface area contributed by atoms with Crippen LogP contribution in [-0.2, 0) is 17.8 Å². The molecule has 0 amide bonds. The second kappa shape index (κ2) is 3.79. The Morgan fingerprint density at radius 3 is 3.00 bits per heavy atom. The van der Waals surface area contributed by atoms with E-state index < -0.39 is 5.97 Å². The topological polar surface area (TPSA) is 42.4 Å². The molecule has 0 saturated carbocycles. The number of ether oxygens (including phenoxy) is 1. The predicted molar refractivity (Wildman–Crippen MR) is 55.8 cm³/mol. The van der Waals surface area contributed by atoms with Crippen LogP contribution in [0.2, 0.25) is 5.15 Å². The zero-order valence-corrected chi connectivity index (χ0v) is 9.34. The van der Waals surface area contributed by atoms with E-state index in [4.69, 9.17) is 11.6 Å². The van der Waals surface area contributed by atoms with Crippen molar-refractivity contribution in [2.45, 2.75) is 13.1 Å². The quantitative estimate of drug-likeness (QED) is 0.537. The molecule has 80 valence electrons. The monoisotopic (exact) mass is 226 g/mol. The molecule has 4 nitrogen and oxygen atoms in total. The lowest BCUT2D eigenvalue weighted by Crippen LogP contribution is -2.07. The molecule has 2 heterocycles. The molecule has 1 aliphatic heterocycles. The highest BCUT2D eigenvalue weighted by molar-refractivity contribution is 6.32. The number of methoxy groups -OCH3 is 1. The lowest BCUT2D eigenvalue weighted by atomic mass is 10.1. The number of halogens is 1. The minimum Gasteiger partial charge on any atom is -0.465 e. The minimum atomic E-state index is -0.440. The van der Waals surface area contributed by atoms with Crippen molar-refractivity contribution >= 4 is 17.6 Å². The van der Waals surface area contributed by atoms with Gasteiger partial charge in [0.1, 0.15) is 5.15 Å². The Morgan fingerprint density at radius 2 is 2.33 bits per heavy atom. The Hall–Kier alpha value is -1.13. The van der Waals surface area contributed by atoms with Crippen molar-refractivity contribution in [1.82, 2.24) is 9.88 Å². The van der Waals surface area contributed by atoms with Gasteiger partial charge >= 0.3 is 5.97 Å². The van der Waals surface area contributed by atoms with Gasteiger partial charge in [-0.05, 0) is 18.7 Å². The van der Waals surface area contributed by atoms with Gasteiger partial charge in [-0.1, -0.05) is 11.6 Å². The first-order valence-electron chi connectivity index (χ1n) is 4.57. The van der Waals surface area contributed by atoms with Crippen LogP contribution in [-0.4, -0.2) is 30.0 Å². The van der Waals surface area contributed by atoms with Gasteiger partial charge in [-0.15, -0.1) is 0 Å². The summed E-state index contributed by atoms with van der Waals surface area (Å²) in [7, 11) is 3.32. The fourth-order valence-corrected chi connectivity index (χ4v) is 1.93. The molecule has 1 aliphatic rings. The van der Waals surface area contributed by atoms with E-state index in [0.717, 1.165) is 24.3 Å². The molecule has 15 heavy (non-hydrogen) atoms. The lowest BCUT2D eigenvalue weighted by Gasteiger charge is -2.04. The van der Waals surface area contributed by atoms with Gasteiger partial charge < -0.3 is 4.74 Å². The van der Waals surface area contributed by atoms with Crippen molar-refractivity contribution in [2.75, 3.05) is 14.2 Å². The number of carbonyl (C=O) groups is 1. The standard InChI is InChI=1S/C10H11ClN2O2/c1-13-4-6-3-7(10(14)15-2)9(11)12-8(6)5-13/h3H,4-5H2,1-2H3. The lowest BCUT2D eigenvalue weighted by molar-refractivity contribution is 0.0600. The summed E-state index contributed by atoms with van der Waals surface area (Å²) in [6.07, 6.45) is 0. The van der Waals surface area contributed by atoms with Gasteiger partial charge in [0, 0.05) is 13.1 Å². The number of pyridine rings is 1. The van der Waals surface area contributed by atoms with Crippen LogP contribution in [0.1, 0.15) is 21.6 Å². The summed E-state index contributed by atoms with van der Waals surface area (Å²) < 4.78 is 4.63. The van der Waals surface area contributed by atoms with Crippen LogP contribution < -0.4 is 0 Å². The maximum Gasteiger partial charge on any atom is 0.341 e. The van der Waals surface area contributed by atoms with Gasteiger partial charge in [-0.3, -0.25) is 4.90 Å². The Balaban J connectivity index is 2.44. The number of nitrogens with zero attached hydrogens (tertiary/aromatic N) is 2. The second-order valence-corrected chi connectivity index (χ2v) is 3.95. The summed E-state index contributed by atoms with van der Waals surface area (Å²) in [5, 5.41) is 0.218. The number of fused-ring (bicyclic) bond motifs is 1. The van der Waals surface area contributed by atoms with E-state index in [1.54, 1.807) is 6.07 Å². The molecule has 0 spiro atoms. The zero-order valence-electron chi connectivity index (χ0n) is 8.58. The molecular formula is C10H11ClN2O2. The molecule has 0 N–H and O–H groups in total. The molecular weight excluding hydrogens is 216 g/mol. The molecule has 0 fully saturated rings. The molecule has 0 aliphatic carbocycles. The molecule has 5 heteroatoms. The van der Waals surface area contributed by atoms with E-state index in [9.17, 15) is 4.79 Å². The third-order valence-corrected chi connectivity index (χ3v) is 2.70. The number of aromatic nitrogens is 1. The third-order valence-electron chi connectivity index (χ3n) is 2.41. The van der Waals surface area contributed by atoms with Crippen molar-refractivity contribution in [3.63, 3.8) is 0 Å². The van der Waals surface area contributed by atoms with Crippen molar-refractivity contribution in [3.05, 3.63) is 28.0 Å². The molecule has 0 atom stereocenters. The molecule has 1 aromatic heterocycles. The first-order valence-corrected chi connectivity index (χ1v) is 4.94. The van der Waals surface area contributed by atoms with Crippen molar-refractivity contribution in [3.8, 4) is 0 Å². The van der Waals surface area contributed by atoms with Gasteiger partial charge in [-0.2, -0.15) is 0 Å². The smallest absolute Gasteiger partial charge is 0.341 e. The normalized spacial score (nSPS) is 15.1. The van der Waals surface area contributed by atoms with Gasteiger partial charge in [0.2, 0.25) is 0 Å². The Morgan fingerprint density at radius 1 is 1.60 bits per heavy atom. The van der Waals surface area contributed by atoms with E-state index >= 15 is 0 Å². The van der Waals surface area contributed by atoms with Crippen LogP contribution in [0.5, 0.6) is 0 Å². The zero-order chi connectivity index (χ0) is 11.0. The number of hydrogen-bond acceptors (Lipinski definition) is 4. The molecule has 0 unspecified atom stereocenters. The highest BCUT2D eigenvalue weighted by atomic mass is 35.5. The molecule has 0 aromatic carbocycles. The van der Waals surface area contributed by atoms with E-state index in [-0.39, 0.29) is 5.15 Å². The van der Waals surface area contributed by atoms with Crippen molar-refractivity contribution < 1.29 is 9.53 Å². The van der Waals surface area contributed by atoms with E-state index in [0.29, 0.717) is 5.56 Å². The molecule has 0 radical (unpaired) electrons. The maximum atomic E-state index is 11.4. The molecule has 2 rings (SSSR count). The van der Waals surface area contributed by atoms with E-state index in [1.807, 2.05) is 7.05 Å². The third kappa shape index (κ3) is 1.82. The fraction of sp³-hybridized carbons (Fsp3) is 0.400. The van der Waals surface area contributed by atoms with Crippen LogP contribution in [0.15, 0.2) is 6.07 Å². The van der Waals surface area contributed by atoms with Crippen molar-refractivity contribution in [2.24, 2.45) is 0 Å². The maximum absolute atomic E-state index is 11.4. The summed E-state index contributed by atoms with van der Waals surface area (Å²) in [6.45, 7) is 1.57. The average Bonchev–Trinajstić information content (AvgIpc) is 2.55. The number of hydrogen-bond donors (Lipinski definition) is 0. The number of esters is 1. The first kappa shape index (κ1) is 10.4. The van der Waals surface area contributed by atoms with Gasteiger partial charge in [-0.25, -0.2) is 9.78 Å². The van der Waals surface area contributed by atoms with Crippen LogP contribution in [0.4, 0.5) is 0 Å². The van der Waals surface area contributed by atoms with Gasteiger partial charge in [0.05, 0.1) is 18.4 Å². The highest BCUT2D eigenvalue weighted by Gasteiger charge is 2.22. The van der Waals surface area contributed by atoms with Gasteiger partial charge in [0.25, 0.3) is 0 Å². The summed E-state index contributed by atoms with van der Waals surface area (Å²) in [6, 6.07) is 1.76. The largest absolute Gasteiger partial charge is 0.465 e. The van der Waals surface area contributed by atoms with Gasteiger partial charge in [0.15, 0.2) is 0 Å². The van der Waals surface area contributed by atoms with Crippen LogP contribution in [0.25, 0.3) is 0 Å². The second-order valence-electron chi connectivity index (χ2n) is 3.60. The molecule has 1 aromatic rings. The predicted octanol–water partition coefficient (Wildman–Crippen LogP) is 1.47. The SMILES string of the molecule is COC(=O)c1cc2c(nc1Cl)CN(C)C2. The highest BCUT2D eigenvalue weighted by Crippen LogP contribution is 2.25. The molecule has 0 bridgehead atoms. The minimum absolute atomic E-state index is 0.218. The summed E-state index contributed by atoms with van der Waals surface area (Å²) in [5.41, 5.74) is 2.32. The fourth-order valence-electron chi connectivity index (χ4n) is 1.70. The Labute approximate surface area is 92.8 Å².